The standard InChI is InChI=1S/C13H24N2O4/c1-13(2,3)19-12(17)14-10-7-6-9(8-10)11(16)15(4)18-5/h9-10H,6-8H2,1-5H3,(H,14,17)/t9-,10+/m1/s1. The van der Waals surface area contributed by atoms with Crippen molar-refractivity contribution in [3.05, 3.63) is 0 Å². The zero-order chi connectivity index (χ0) is 14.6. The maximum atomic E-state index is 11.9. The number of amides is 2. The Kier molecular flexibility index (Phi) is 5.17. The summed E-state index contributed by atoms with van der Waals surface area (Å²) in [7, 11) is 3.06. The van der Waals surface area contributed by atoms with Crippen LogP contribution in [0, 0.1) is 5.92 Å². The quantitative estimate of drug-likeness (QED) is 0.794. The van der Waals surface area contributed by atoms with Gasteiger partial charge in [-0.3, -0.25) is 9.63 Å². The number of nitrogens with one attached hydrogen (secondary N) is 1. The van der Waals surface area contributed by atoms with Gasteiger partial charge in [-0.1, -0.05) is 0 Å². The molecule has 1 saturated carbocycles. The Morgan fingerprint density at radius 3 is 2.42 bits per heavy atom. The molecule has 0 aromatic heterocycles. The van der Waals surface area contributed by atoms with Gasteiger partial charge in [0.2, 0.25) is 5.91 Å². The third-order valence-electron chi connectivity index (χ3n) is 3.09. The predicted octanol–water partition coefficient (Wildman–Crippen LogP) is 1.70. The van der Waals surface area contributed by atoms with E-state index in [9.17, 15) is 9.59 Å². The summed E-state index contributed by atoms with van der Waals surface area (Å²) < 4.78 is 5.19. The van der Waals surface area contributed by atoms with E-state index < -0.39 is 11.7 Å². The van der Waals surface area contributed by atoms with E-state index in [1.54, 1.807) is 7.05 Å². The van der Waals surface area contributed by atoms with Gasteiger partial charge in [-0.15, -0.1) is 0 Å². The van der Waals surface area contributed by atoms with Crippen LogP contribution in [0.1, 0.15) is 40.0 Å². The molecule has 0 bridgehead atoms. The first-order chi connectivity index (χ1) is 8.73. The Labute approximate surface area is 114 Å². The van der Waals surface area contributed by atoms with Crippen molar-refractivity contribution < 1.29 is 19.2 Å². The van der Waals surface area contributed by atoms with E-state index >= 15 is 0 Å². The Morgan fingerprint density at radius 1 is 1.26 bits per heavy atom. The summed E-state index contributed by atoms with van der Waals surface area (Å²) in [4.78, 5) is 28.4. The molecule has 0 aliphatic heterocycles. The number of hydrogen-bond acceptors (Lipinski definition) is 4. The molecule has 0 unspecified atom stereocenters. The minimum absolute atomic E-state index is 0.00550. The zero-order valence-corrected chi connectivity index (χ0v) is 12.4. The molecule has 2 atom stereocenters. The van der Waals surface area contributed by atoms with Crippen LogP contribution in [0.3, 0.4) is 0 Å². The number of hydrogen-bond donors (Lipinski definition) is 1. The maximum absolute atomic E-state index is 11.9. The smallest absolute Gasteiger partial charge is 0.407 e. The SMILES string of the molecule is CON(C)C(=O)[C@@H]1CC[C@H](NC(=O)OC(C)(C)C)C1. The molecule has 0 aromatic carbocycles. The Morgan fingerprint density at radius 2 is 1.89 bits per heavy atom. The highest BCUT2D eigenvalue weighted by Gasteiger charge is 2.33. The van der Waals surface area contributed by atoms with Gasteiger partial charge < -0.3 is 10.1 Å². The molecule has 0 heterocycles. The first-order valence-corrected chi connectivity index (χ1v) is 6.54. The van der Waals surface area contributed by atoms with Crippen molar-refractivity contribution in [2.75, 3.05) is 14.2 Å². The van der Waals surface area contributed by atoms with Crippen molar-refractivity contribution in [3.63, 3.8) is 0 Å². The Balaban J connectivity index is 2.40. The fraction of sp³-hybridized carbons (Fsp3) is 0.846. The molecule has 1 fully saturated rings. The van der Waals surface area contributed by atoms with Crippen LogP contribution < -0.4 is 5.32 Å². The normalized spacial score (nSPS) is 23.0. The predicted molar refractivity (Wildman–Crippen MR) is 70.3 cm³/mol. The van der Waals surface area contributed by atoms with E-state index in [2.05, 4.69) is 5.32 Å². The largest absolute Gasteiger partial charge is 0.444 e. The molecule has 19 heavy (non-hydrogen) atoms. The first kappa shape index (κ1) is 15.8. The average Bonchev–Trinajstić information content (AvgIpc) is 2.72. The van der Waals surface area contributed by atoms with E-state index in [-0.39, 0.29) is 17.9 Å². The average molecular weight is 272 g/mol. The molecule has 1 N–H and O–H groups in total. The summed E-state index contributed by atoms with van der Waals surface area (Å²) >= 11 is 0. The van der Waals surface area contributed by atoms with Crippen molar-refractivity contribution in [3.8, 4) is 0 Å². The molecule has 6 heteroatoms. The van der Waals surface area contributed by atoms with Crippen LogP contribution in [-0.4, -0.2) is 42.9 Å². The van der Waals surface area contributed by atoms with Gasteiger partial charge in [-0.25, -0.2) is 9.86 Å². The molecule has 1 aliphatic rings. The van der Waals surface area contributed by atoms with Gasteiger partial charge in [0.1, 0.15) is 5.60 Å². The monoisotopic (exact) mass is 272 g/mol. The first-order valence-electron chi connectivity index (χ1n) is 6.54. The number of alkyl carbamates (subject to hydrolysis) is 1. The van der Waals surface area contributed by atoms with E-state index in [1.807, 2.05) is 20.8 Å². The molecule has 0 aromatic rings. The highest BCUT2D eigenvalue weighted by molar-refractivity contribution is 5.78. The van der Waals surface area contributed by atoms with E-state index in [1.165, 1.54) is 12.2 Å². The van der Waals surface area contributed by atoms with Crippen LogP contribution in [0.5, 0.6) is 0 Å². The van der Waals surface area contributed by atoms with Crippen LogP contribution >= 0.6 is 0 Å². The highest BCUT2D eigenvalue weighted by Crippen LogP contribution is 2.27. The number of carbonyl (C=O) groups excluding carboxylic acids is 2. The number of rotatable bonds is 3. The Hall–Kier alpha value is -1.30. The third kappa shape index (κ3) is 5.06. The summed E-state index contributed by atoms with van der Waals surface area (Å²) in [5.41, 5.74) is -0.506. The van der Waals surface area contributed by atoms with Crippen molar-refractivity contribution in [1.82, 2.24) is 10.4 Å². The van der Waals surface area contributed by atoms with Gasteiger partial charge in [0.25, 0.3) is 0 Å². The van der Waals surface area contributed by atoms with Crippen LogP contribution in [0.4, 0.5) is 4.79 Å². The molecule has 110 valence electrons. The second-order valence-electron chi connectivity index (χ2n) is 5.87. The third-order valence-corrected chi connectivity index (χ3v) is 3.09. The zero-order valence-electron chi connectivity index (χ0n) is 12.4. The van der Waals surface area contributed by atoms with E-state index in [0.717, 1.165) is 12.8 Å². The number of ether oxygens (including phenoxy) is 1. The van der Waals surface area contributed by atoms with Crippen LogP contribution in [-0.2, 0) is 14.4 Å². The van der Waals surface area contributed by atoms with Gasteiger partial charge >= 0.3 is 6.09 Å². The lowest BCUT2D eigenvalue weighted by molar-refractivity contribution is -0.173. The lowest BCUT2D eigenvalue weighted by Gasteiger charge is -2.22. The lowest BCUT2D eigenvalue weighted by atomic mass is 10.1. The molecular formula is C13H24N2O4. The summed E-state index contributed by atoms with van der Waals surface area (Å²) in [5, 5.41) is 4.04. The van der Waals surface area contributed by atoms with Crippen molar-refractivity contribution >= 4 is 12.0 Å². The van der Waals surface area contributed by atoms with Gasteiger partial charge in [0.05, 0.1) is 7.11 Å². The Bertz CT molecular complexity index is 338. The number of carbonyl (C=O) groups is 2. The van der Waals surface area contributed by atoms with Gasteiger partial charge in [0, 0.05) is 19.0 Å². The molecule has 6 nitrogen and oxygen atoms in total. The molecular weight excluding hydrogens is 248 g/mol. The van der Waals surface area contributed by atoms with Crippen molar-refractivity contribution in [2.45, 2.75) is 51.7 Å². The number of hydroxylamine groups is 2. The fourth-order valence-corrected chi connectivity index (χ4v) is 2.16. The molecule has 2 amide bonds. The molecule has 1 rings (SSSR count). The lowest BCUT2D eigenvalue weighted by Crippen LogP contribution is -2.38. The fourth-order valence-electron chi connectivity index (χ4n) is 2.16. The minimum atomic E-state index is -0.506. The van der Waals surface area contributed by atoms with Gasteiger partial charge in [-0.05, 0) is 40.0 Å². The summed E-state index contributed by atoms with van der Waals surface area (Å²) in [6.07, 6.45) is 1.75. The molecule has 0 radical (unpaired) electrons. The number of nitrogens with zero attached hydrogens (tertiary/aromatic N) is 1. The van der Waals surface area contributed by atoms with Crippen LogP contribution in [0.25, 0.3) is 0 Å². The highest BCUT2D eigenvalue weighted by atomic mass is 16.7. The maximum Gasteiger partial charge on any atom is 0.407 e. The molecule has 1 aliphatic carbocycles. The van der Waals surface area contributed by atoms with E-state index in [0.29, 0.717) is 6.42 Å². The minimum Gasteiger partial charge on any atom is -0.444 e. The van der Waals surface area contributed by atoms with E-state index in [4.69, 9.17) is 9.57 Å². The van der Waals surface area contributed by atoms with Gasteiger partial charge in [0.15, 0.2) is 0 Å². The summed E-state index contributed by atoms with van der Waals surface area (Å²) in [5.74, 6) is -0.138. The molecule has 0 spiro atoms. The van der Waals surface area contributed by atoms with Crippen LogP contribution in [0.2, 0.25) is 0 Å². The van der Waals surface area contributed by atoms with Crippen LogP contribution in [0.15, 0.2) is 0 Å². The van der Waals surface area contributed by atoms with Crippen molar-refractivity contribution in [1.29, 1.82) is 0 Å². The molecule has 0 saturated heterocycles. The summed E-state index contributed by atoms with van der Waals surface area (Å²) in [6, 6.07) is -0.00550. The second kappa shape index (κ2) is 6.23. The second-order valence-corrected chi connectivity index (χ2v) is 5.87. The van der Waals surface area contributed by atoms with Crippen molar-refractivity contribution in [2.24, 2.45) is 5.92 Å². The van der Waals surface area contributed by atoms with Gasteiger partial charge in [-0.2, -0.15) is 0 Å². The summed E-state index contributed by atoms with van der Waals surface area (Å²) in [6.45, 7) is 5.46. The topological polar surface area (TPSA) is 67.9 Å².